The molecule has 0 aromatic heterocycles. The van der Waals surface area contributed by atoms with E-state index in [1.54, 1.807) is 29.2 Å². The minimum Gasteiger partial charge on any atom is -0.410 e. The van der Waals surface area contributed by atoms with Crippen LogP contribution in [0, 0.1) is 24.2 Å². The van der Waals surface area contributed by atoms with Crippen molar-refractivity contribution in [2.24, 2.45) is 17.0 Å². The number of fused-ring (bicyclic) bond motifs is 1. The van der Waals surface area contributed by atoms with Crippen molar-refractivity contribution in [2.45, 2.75) is 89.8 Å². The van der Waals surface area contributed by atoms with Gasteiger partial charge < -0.3 is 36.8 Å². The van der Waals surface area contributed by atoms with E-state index in [2.05, 4.69) is 26.4 Å². The molecule has 3 atom stereocenters. The number of nitrogens with one attached hydrogen (secondary N) is 5. The molecule has 1 heterocycles. The summed E-state index contributed by atoms with van der Waals surface area (Å²) in [5.74, 6) is -5.34. The summed E-state index contributed by atoms with van der Waals surface area (Å²) in [5.41, 5.74) is 1.23. The van der Waals surface area contributed by atoms with Crippen molar-refractivity contribution in [1.82, 2.24) is 15.5 Å². The number of nitrogens with zero attached hydrogens (tertiary/aromatic N) is 2. The number of hydrogen-bond acceptors (Lipinski definition) is 7. The molecule has 0 bridgehead atoms. The van der Waals surface area contributed by atoms with Gasteiger partial charge in [-0.1, -0.05) is 43.3 Å². The Morgan fingerprint density at radius 1 is 1.06 bits per heavy atom. The predicted octanol–water partition coefficient (Wildman–Crippen LogP) is 4.64. The van der Waals surface area contributed by atoms with Crippen LogP contribution in [0.15, 0.2) is 47.6 Å². The van der Waals surface area contributed by atoms with E-state index in [1.807, 2.05) is 39.0 Å². The van der Waals surface area contributed by atoms with Crippen molar-refractivity contribution in [2.75, 3.05) is 17.2 Å². The van der Waals surface area contributed by atoms with E-state index in [-0.39, 0.29) is 55.3 Å². The van der Waals surface area contributed by atoms with Crippen LogP contribution in [0.2, 0.25) is 0 Å². The molecule has 2 fully saturated rings. The van der Waals surface area contributed by atoms with Crippen molar-refractivity contribution in [3.63, 3.8) is 0 Å². The van der Waals surface area contributed by atoms with Crippen molar-refractivity contribution >= 4 is 46.6 Å². The zero-order chi connectivity index (χ0) is 35.7. The molecule has 6 N–H and O–H groups in total. The smallest absolute Gasteiger partial charge is 0.318 e. The Morgan fingerprint density at radius 3 is 2.35 bits per heavy atom. The molecule has 0 spiro atoms. The van der Waals surface area contributed by atoms with E-state index in [4.69, 9.17) is 5.41 Å². The van der Waals surface area contributed by atoms with Crippen LogP contribution in [-0.4, -0.2) is 75.4 Å². The fourth-order valence-corrected chi connectivity index (χ4v) is 6.98. The van der Waals surface area contributed by atoms with Crippen LogP contribution in [0.25, 0.3) is 0 Å². The number of oxime groups is 1. The first kappa shape index (κ1) is 35.4. The van der Waals surface area contributed by atoms with Gasteiger partial charge in [0.25, 0.3) is 11.8 Å². The van der Waals surface area contributed by atoms with Gasteiger partial charge >= 0.3 is 6.03 Å². The quantitative estimate of drug-likeness (QED) is 0.122. The van der Waals surface area contributed by atoms with Crippen LogP contribution < -0.4 is 21.3 Å². The van der Waals surface area contributed by atoms with Crippen LogP contribution in [0.4, 0.5) is 25.0 Å². The van der Waals surface area contributed by atoms with Crippen molar-refractivity contribution in [1.29, 1.82) is 5.41 Å². The average Bonchev–Trinajstić information content (AvgIpc) is 3.63. The highest BCUT2D eigenvalue weighted by atomic mass is 19.3. The van der Waals surface area contributed by atoms with Gasteiger partial charge in [0.15, 0.2) is 5.71 Å². The lowest BCUT2D eigenvalue weighted by Gasteiger charge is -2.37. The highest BCUT2D eigenvalue weighted by molar-refractivity contribution is 6.65. The Morgan fingerprint density at radius 2 is 1.73 bits per heavy atom. The SMILES string of the molecule is CC(=N)C(=NO)C(=O)N[C@H](C(=O)Nc1ccc2c(c1)CC(C(=O)Nc1ccccc1C)(N1C[C@@H](C(C)C)NC1=O)C2)C1CCC(F)(F)CC1. The molecule has 49 heavy (non-hydrogen) atoms. The highest BCUT2D eigenvalue weighted by Crippen LogP contribution is 2.40. The summed E-state index contributed by atoms with van der Waals surface area (Å²) in [7, 11) is 0. The number of urea groups is 1. The summed E-state index contributed by atoms with van der Waals surface area (Å²) in [5, 5.41) is 31.2. The van der Waals surface area contributed by atoms with Gasteiger partial charge in [0, 0.05) is 43.6 Å². The number of carbonyl (C=O) groups is 4. The molecular formula is C35H43F2N7O5. The first-order valence-electron chi connectivity index (χ1n) is 16.5. The van der Waals surface area contributed by atoms with Crippen LogP contribution in [-0.2, 0) is 27.2 Å². The van der Waals surface area contributed by atoms with Gasteiger partial charge in [-0.05, 0) is 73.4 Å². The van der Waals surface area contributed by atoms with Gasteiger partial charge in [-0.2, -0.15) is 0 Å². The molecular weight excluding hydrogens is 636 g/mol. The molecule has 1 unspecified atom stereocenters. The summed E-state index contributed by atoms with van der Waals surface area (Å²) in [4.78, 5) is 55.8. The van der Waals surface area contributed by atoms with E-state index in [9.17, 15) is 33.2 Å². The van der Waals surface area contributed by atoms with Crippen molar-refractivity contribution in [3.8, 4) is 0 Å². The van der Waals surface area contributed by atoms with Gasteiger partial charge in [-0.3, -0.25) is 14.4 Å². The molecule has 5 rings (SSSR count). The molecule has 1 saturated carbocycles. The Bertz CT molecular complexity index is 1690. The maximum atomic E-state index is 14.2. The number of carbonyl (C=O) groups excluding carboxylic acids is 4. The summed E-state index contributed by atoms with van der Waals surface area (Å²) in [6.07, 6.45) is -0.538. The van der Waals surface area contributed by atoms with E-state index >= 15 is 0 Å². The van der Waals surface area contributed by atoms with Gasteiger partial charge in [0.2, 0.25) is 11.8 Å². The Labute approximate surface area is 283 Å². The number of benzene rings is 2. The lowest BCUT2D eigenvalue weighted by Crippen LogP contribution is -2.59. The zero-order valence-corrected chi connectivity index (χ0v) is 28.0. The average molecular weight is 680 g/mol. The van der Waals surface area contributed by atoms with Crippen molar-refractivity contribution < 1.29 is 33.2 Å². The second-order valence-electron chi connectivity index (χ2n) is 13.8. The van der Waals surface area contributed by atoms with Gasteiger partial charge in [-0.25, -0.2) is 13.6 Å². The van der Waals surface area contributed by atoms with Crippen LogP contribution in [0.1, 0.15) is 63.1 Å². The lowest BCUT2D eigenvalue weighted by molar-refractivity contribution is -0.126. The third-order valence-corrected chi connectivity index (χ3v) is 9.98. The molecule has 0 radical (unpaired) electrons. The van der Waals surface area contributed by atoms with E-state index in [0.717, 1.165) is 16.7 Å². The molecule has 2 aromatic carbocycles. The maximum absolute atomic E-state index is 14.2. The monoisotopic (exact) mass is 679 g/mol. The minimum atomic E-state index is -2.87. The van der Waals surface area contributed by atoms with Crippen LogP contribution in [0.3, 0.4) is 0 Å². The third-order valence-electron chi connectivity index (χ3n) is 9.98. The van der Waals surface area contributed by atoms with Crippen LogP contribution >= 0.6 is 0 Å². The fraction of sp³-hybridized carbons (Fsp3) is 0.486. The number of rotatable bonds is 10. The molecule has 12 nitrogen and oxygen atoms in total. The first-order chi connectivity index (χ1) is 23.1. The summed E-state index contributed by atoms with van der Waals surface area (Å²) in [6.45, 7) is 7.48. The molecule has 2 aromatic rings. The minimum absolute atomic E-state index is 0.0292. The first-order valence-corrected chi connectivity index (χ1v) is 16.5. The second kappa shape index (κ2) is 13.9. The van der Waals surface area contributed by atoms with Gasteiger partial charge in [0.05, 0.1) is 11.8 Å². The molecule has 14 heteroatoms. The molecule has 1 saturated heterocycles. The maximum Gasteiger partial charge on any atom is 0.318 e. The summed E-state index contributed by atoms with van der Waals surface area (Å²) < 4.78 is 28.0. The summed E-state index contributed by atoms with van der Waals surface area (Å²) in [6, 6.07) is 10.8. The third kappa shape index (κ3) is 7.42. The number of hydrogen-bond donors (Lipinski definition) is 6. The molecule has 5 amide bonds. The molecule has 2 aliphatic carbocycles. The standard InChI is InChI=1S/C35H43F2N7O5/c1-19(2)27-18-44(33(48)41-27)34(32(47)40-26-8-6-5-7-20(26)3)16-23-9-10-25(15-24(23)17-34)39-31(46)29(22-11-13-35(36,37)14-12-22)42-30(45)28(43-49)21(4)38/h5-10,15,19,22,27,29,38,49H,11-14,16-18H2,1-4H3,(H,39,46)(H,40,47)(H,41,48)(H,42,45)/t27-,29-,34?/m0/s1. The van der Waals surface area contributed by atoms with Gasteiger partial charge in [0.1, 0.15) is 11.6 Å². The number of amides is 5. The highest BCUT2D eigenvalue weighted by Gasteiger charge is 2.53. The topological polar surface area (TPSA) is 176 Å². The van der Waals surface area contributed by atoms with E-state index in [1.165, 1.54) is 6.92 Å². The lowest BCUT2D eigenvalue weighted by atomic mass is 9.81. The number of halogens is 2. The Kier molecular flexibility index (Phi) is 10.1. The number of alkyl halides is 2. The molecule has 262 valence electrons. The summed E-state index contributed by atoms with van der Waals surface area (Å²) >= 11 is 0. The second-order valence-corrected chi connectivity index (χ2v) is 13.8. The zero-order valence-electron chi connectivity index (χ0n) is 28.0. The number of aryl methyl sites for hydroxylation is 1. The fourth-order valence-electron chi connectivity index (χ4n) is 6.98. The Hall–Kier alpha value is -4.88. The Balaban J connectivity index is 1.41. The normalized spacial score (nSPS) is 22.7. The van der Waals surface area contributed by atoms with Gasteiger partial charge in [-0.15, -0.1) is 0 Å². The number of anilines is 2. The number of para-hydroxylation sites is 1. The van der Waals surface area contributed by atoms with Crippen molar-refractivity contribution in [3.05, 3.63) is 59.2 Å². The van der Waals surface area contributed by atoms with Crippen LogP contribution in [0.5, 0.6) is 0 Å². The molecule has 1 aliphatic heterocycles. The largest absolute Gasteiger partial charge is 0.410 e. The van der Waals surface area contributed by atoms with E-state index < -0.39 is 53.8 Å². The predicted molar refractivity (Wildman–Crippen MR) is 180 cm³/mol. The molecule has 3 aliphatic rings. The van der Waals surface area contributed by atoms with E-state index in [0.29, 0.717) is 17.9 Å².